The zero-order chi connectivity index (χ0) is 17.2. The van der Waals surface area contributed by atoms with Crippen molar-refractivity contribution in [2.75, 3.05) is 19.3 Å². The van der Waals surface area contributed by atoms with E-state index in [1.807, 2.05) is 0 Å². The van der Waals surface area contributed by atoms with Crippen molar-refractivity contribution in [3.8, 4) is 0 Å². The van der Waals surface area contributed by atoms with Crippen LogP contribution in [0.25, 0.3) is 0 Å². The Morgan fingerprint density at radius 3 is 2.36 bits per heavy atom. The molecule has 0 saturated carbocycles. The fraction of sp³-hybridized carbons (Fsp3) is 0.571. The predicted molar refractivity (Wildman–Crippen MR) is 78.2 cm³/mol. The van der Waals surface area contributed by atoms with E-state index in [1.165, 1.54) is 26.0 Å². The van der Waals surface area contributed by atoms with Gasteiger partial charge in [0.1, 0.15) is 0 Å². The molecule has 4 nitrogen and oxygen atoms in total. The number of aliphatic hydroxyl groups excluding tert-OH is 1. The van der Waals surface area contributed by atoms with Gasteiger partial charge in [0.25, 0.3) is 0 Å². The molecule has 0 heterocycles. The van der Waals surface area contributed by atoms with E-state index in [0.29, 0.717) is 0 Å². The Balaban J connectivity index is 2.69. The molecule has 1 atom stereocenters. The molecular formula is C14H20F3NO3S. The number of benzene rings is 1. The Hall–Kier alpha value is -1.12. The lowest BCUT2D eigenvalue weighted by Crippen LogP contribution is -2.42. The van der Waals surface area contributed by atoms with Gasteiger partial charge >= 0.3 is 6.18 Å². The highest BCUT2D eigenvalue weighted by Gasteiger charge is 2.31. The Morgan fingerprint density at radius 1 is 1.27 bits per heavy atom. The van der Waals surface area contributed by atoms with Gasteiger partial charge in [0.2, 0.25) is 0 Å². The molecule has 1 unspecified atom stereocenters. The van der Waals surface area contributed by atoms with E-state index in [1.54, 1.807) is 0 Å². The van der Waals surface area contributed by atoms with Gasteiger partial charge in [-0.2, -0.15) is 13.2 Å². The van der Waals surface area contributed by atoms with Crippen LogP contribution in [0, 0.1) is 0 Å². The van der Waals surface area contributed by atoms with Crippen LogP contribution < -0.4 is 5.32 Å². The van der Waals surface area contributed by atoms with Crippen LogP contribution in [-0.4, -0.2) is 37.6 Å². The highest BCUT2D eigenvalue weighted by Crippen LogP contribution is 2.30. The number of halogens is 3. The molecule has 0 aliphatic heterocycles. The van der Waals surface area contributed by atoms with E-state index in [9.17, 15) is 26.7 Å². The first kappa shape index (κ1) is 18.9. The smallest absolute Gasteiger partial charge is 0.387 e. The maximum Gasteiger partial charge on any atom is 0.416 e. The van der Waals surface area contributed by atoms with Crippen molar-refractivity contribution in [2.24, 2.45) is 0 Å². The van der Waals surface area contributed by atoms with E-state index >= 15 is 0 Å². The molecule has 1 aromatic carbocycles. The van der Waals surface area contributed by atoms with Crippen molar-refractivity contribution in [1.29, 1.82) is 0 Å². The predicted octanol–water partition coefficient (Wildman–Crippen LogP) is 2.15. The summed E-state index contributed by atoms with van der Waals surface area (Å²) in [5.41, 5.74) is -0.708. The minimum absolute atomic E-state index is 0.0414. The van der Waals surface area contributed by atoms with Gasteiger partial charge in [-0.25, -0.2) is 8.42 Å². The van der Waals surface area contributed by atoms with E-state index in [2.05, 4.69) is 5.32 Å². The molecule has 0 radical (unpaired) electrons. The Kier molecular flexibility index (Phi) is 5.64. The van der Waals surface area contributed by atoms with Crippen LogP contribution in [0.5, 0.6) is 0 Å². The van der Waals surface area contributed by atoms with Crippen LogP contribution in [0.15, 0.2) is 24.3 Å². The van der Waals surface area contributed by atoms with Gasteiger partial charge in [-0.15, -0.1) is 0 Å². The molecule has 0 aromatic heterocycles. The van der Waals surface area contributed by atoms with Gasteiger partial charge in [-0.1, -0.05) is 12.1 Å². The first-order chi connectivity index (χ1) is 9.84. The Labute approximate surface area is 128 Å². The quantitative estimate of drug-likeness (QED) is 0.833. The lowest BCUT2D eigenvalue weighted by molar-refractivity contribution is -0.137. The van der Waals surface area contributed by atoms with Crippen LogP contribution >= 0.6 is 0 Å². The molecule has 0 amide bonds. The molecule has 126 valence electrons. The second-order valence-electron chi connectivity index (χ2n) is 5.80. The van der Waals surface area contributed by atoms with Crippen LogP contribution in [-0.2, 0) is 16.0 Å². The molecule has 1 rings (SSSR count). The van der Waals surface area contributed by atoms with Crippen LogP contribution in [0.2, 0.25) is 0 Å². The van der Waals surface area contributed by atoms with Gasteiger partial charge in [0, 0.05) is 19.3 Å². The molecule has 0 spiro atoms. The number of hydrogen-bond donors (Lipinski definition) is 2. The average molecular weight is 339 g/mol. The normalized spacial score (nSPS) is 14.9. The molecule has 1 aromatic rings. The molecule has 2 N–H and O–H groups in total. The van der Waals surface area contributed by atoms with Crippen LogP contribution in [0.4, 0.5) is 13.2 Å². The van der Waals surface area contributed by atoms with Gasteiger partial charge in [-0.3, -0.25) is 0 Å². The average Bonchev–Trinajstić information content (AvgIpc) is 2.36. The zero-order valence-corrected chi connectivity index (χ0v) is 13.4. The second-order valence-corrected chi connectivity index (χ2v) is 8.45. The number of rotatable bonds is 6. The largest absolute Gasteiger partial charge is 0.416 e. The van der Waals surface area contributed by atoms with E-state index in [0.717, 1.165) is 18.4 Å². The maximum atomic E-state index is 12.6. The van der Waals surface area contributed by atoms with Crippen molar-refractivity contribution in [2.45, 2.75) is 30.9 Å². The third kappa shape index (κ3) is 4.96. The zero-order valence-electron chi connectivity index (χ0n) is 12.6. The standard InChI is InChI=1S/C14H20F3NO3S/c1-13(2,22(3,20)21)9-18-8-12(19)10-5-4-6-11(7-10)14(15,16)17/h4-7,12,18-19H,8-9H2,1-3H3. The summed E-state index contributed by atoms with van der Waals surface area (Å²) in [5.74, 6) is 0. The minimum Gasteiger partial charge on any atom is -0.387 e. The SMILES string of the molecule is CC(C)(CNCC(O)c1cccc(C(F)(F)F)c1)S(C)(=O)=O. The highest BCUT2D eigenvalue weighted by molar-refractivity contribution is 7.92. The maximum absolute atomic E-state index is 12.6. The topological polar surface area (TPSA) is 66.4 Å². The van der Waals surface area contributed by atoms with Crippen molar-refractivity contribution >= 4 is 9.84 Å². The molecule has 0 bridgehead atoms. The molecule has 22 heavy (non-hydrogen) atoms. The first-order valence-electron chi connectivity index (χ1n) is 6.60. The summed E-state index contributed by atoms with van der Waals surface area (Å²) in [7, 11) is -3.28. The summed E-state index contributed by atoms with van der Waals surface area (Å²) >= 11 is 0. The summed E-state index contributed by atoms with van der Waals surface area (Å²) in [5, 5.41) is 12.7. The van der Waals surface area contributed by atoms with Gasteiger partial charge in [0.15, 0.2) is 9.84 Å². The fourth-order valence-electron chi connectivity index (χ4n) is 1.68. The molecule has 0 saturated heterocycles. The van der Waals surface area contributed by atoms with Crippen molar-refractivity contribution < 1.29 is 26.7 Å². The summed E-state index contributed by atoms with van der Waals surface area (Å²) in [6.07, 6.45) is -4.52. The summed E-state index contributed by atoms with van der Waals surface area (Å²) in [6.45, 7) is 3.11. The highest BCUT2D eigenvalue weighted by atomic mass is 32.2. The van der Waals surface area contributed by atoms with Gasteiger partial charge < -0.3 is 10.4 Å². The number of hydrogen-bond acceptors (Lipinski definition) is 4. The number of aliphatic hydroxyl groups is 1. The first-order valence-corrected chi connectivity index (χ1v) is 8.49. The molecule has 8 heteroatoms. The molecule has 0 aliphatic carbocycles. The molecular weight excluding hydrogens is 319 g/mol. The van der Waals surface area contributed by atoms with Gasteiger partial charge in [0.05, 0.1) is 16.4 Å². The number of sulfone groups is 1. The molecule has 0 fully saturated rings. The van der Waals surface area contributed by atoms with Crippen molar-refractivity contribution in [3.63, 3.8) is 0 Å². The number of nitrogens with one attached hydrogen (secondary N) is 1. The third-order valence-electron chi connectivity index (χ3n) is 3.49. The second kappa shape index (κ2) is 6.55. The molecule has 0 aliphatic rings. The lowest BCUT2D eigenvalue weighted by atomic mass is 10.1. The van der Waals surface area contributed by atoms with Crippen molar-refractivity contribution in [3.05, 3.63) is 35.4 Å². The van der Waals surface area contributed by atoms with E-state index in [-0.39, 0.29) is 18.7 Å². The Bertz CT molecular complexity index is 612. The summed E-state index contributed by atoms with van der Waals surface area (Å²) < 4.78 is 59.8. The Morgan fingerprint density at radius 2 is 1.86 bits per heavy atom. The van der Waals surface area contributed by atoms with Gasteiger partial charge in [-0.05, 0) is 31.5 Å². The van der Waals surface area contributed by atoms with E-state index in [4.69, 9.17) is 0 Å². The van der Waals surface area contributed by atoms with Crippen molar-refractivity contribution in [1.82, 2.24) is 5.32 Å². The third-order valence-corrected chi connectivity index (χ3v) is 5.64. The summed E-state index contributed by atoms with van der Waals surface area (Å²) in [6, 6.07) is 4.43. The number of alkyl halides is 3. The van der Waals surface area contributed by atoms with E-state index < -0.39 is 32.4 Å². The minimum atomic E-state index is -4.47. The fourth-order valence-corrected chi connectivity index (χ4v) is 2.05. The van der Waals surface area contributed by atoms with Crippen LogP contribution in [0.3, 0.4) is 0 Å². The monoisotopic (exact) mass is 339 g/mol. The lowest BCUT2D eigenvalue weighted by Gasteiger charge is -2.24. The summed E-state index contributed by atoms with van der Waals surface area (Å²) in [4.78, 5) is 0. The van der Waals surface area contributed by atoms with Crippen LogP contribution in [0.1, 0.15) is 31.1 Å².